The molecular formula is C15H24N2O3S. The number of benzene rings is 1. The lowest BCUT2D eigenvalue weighted by atomic mass is 10.0. The number of methoxy groups -OCH3 is 1. The molecule has 0 aliphatic carbocycles. The largest absolute Gasteiger partial charge is 0.496 e. The van der Waals surface area contributed by atoms with Crippen LogP contribution in [-0.2, 0) is 10.0 Å². The minimum absolute atomic E-state index is 0.149. The summed E-state index contributed by atoms with van der Waals surface area (Å²) in [6.45, 7) is 2.89. The summed E-state index contributed by atoms with van der Waals surface area (Å²) in [6.07, 6.45) is 4.09. The van der Waals surface area contributed by atoms with Gasteiger partial charge in [-0.1, -0.05) is 6.42 Å². The Hall–Kier alpha value is -1.27. The molecule has 1 aliphatic heterocycles. The van der Waals surface area contributed by atoms with Crippen LogP contribution in [0.4, 0.5) is 5.69 Å². The van der Waals surface area contributed by atoms with Gasteiger partial charge in [-0.3, -0.25) is 4.72 Å². The molecule has 0 saturated carbocycles. The number of aryl methyl sites for hydroxylation is 1. The summed E-state index contributed by atoms with van der Waals surface area (Å²) in [5.74, 6) is 0.903. The molecule has 6 heteroatoms. The summed E-state index contributed by atoms with van der Waals surface area (Å²) in [5.41, 5.74) is 1.50. The molecule has 1 aromatic carbocycles. The van der Waals surface area contributed by atoms with Crippen molar-refractivity contribution in [1.82, 2.24) is 5.32 Å². The Morgan fingerprint density at radius 2 is 2.19 bits per heavy atom. The van der Waals surface area contributed by atoms with Crippen LogP contribution in [0.3, 0.4) is 0 Å². The maximum Gasteiger partial charge on any atom is 0.232 e. The van der Waals surface area contributed by atoms with E-state index in [4.69, 9.17) is 4.74 Å². The maximum atomic E-state index is 12.1. The van der Waals surface area contributed by atoms with Gasteiger partial charge >= 0.3 is 0 Å². The van der Waals surface area contributed by atoms with Gasteiger partial charge < -0.3 is 10.1 Å². The zero-order valence-corrected chi connectivity index (χ0v) is 13.5. The average molecular weight is 312 g/mol. The third-order valence-electron chi connectivity index (χ3n) is 3.82. The lowest BCUT2D eigenvalue weighted by Crippen LogP contribution is -2.36. The van der Waals surface area contributed by atoms with E-state index in [0.717, 1.165) is 24.3 Å². The summed E-state index contributed by atoms with van der Waals surface area (Å²) in [7, 11) is -1.70. The second-order valence-corrected chi connectivity index (χ2v) is 7.38. The van der Waals surface area contributed by atoms with Gasteiger partial charge in [0.1, 0.15) is 5.75 Å². The molecule has 1 aromatic rings. The van der Waals surface area contributed by atoms with Crippen LogP contribution in [0.1, 0.15) is 31.2 Å². The van der Waals surface area contributed by atoms with Crippen LogP contribution in [0.25, 0.3) is 0 Å². The second kappa shape index (κ2) is 7.13. The number of anilines is 1. The number of hydrogen-bond acceptors (Lipinski definition) is 4. The Morgan fingerprint density at radius 3 is 2.81 bits per heavy atom. The van der Waals surface area contributed by atoms with Gasteiger partial charge in [-0.15, -0.1) is 0 Å². The van der Waals surface area contributed by atoms with Crippen LogP contribution < -0.4 is 14.8 Å². The molecule has 0 spiro atoms. The summed E-state index contributed by atoms with van der Waals surface area (Å²) in [5, 5.41) is 3.37. The minimum atomic E-state index is -3.30. The highest BCUT2D eigenvalue weighted by Crippen LogP contribution is 2.22. The molecule has 1 unspecified atom stereocenters. The monoisotopic (exact) mass is 312 g/mol. The Labute approximate surface area is 127 Å². The normalized spacial score (nSPS) is 19.2. The molecule has 1 atom stereocenters. The molecule has 2 rings (SSSR count). The fraction of sp³-hybridized carbons (Fsp3) is 0.600. The highest BCUT2D eigenvalue weighted by molar-refractivity contribution is 7.92. The smallest absolute Gasteiger partial charge is 0.232 e. The van der Waals surface area contributed by atoms with Crippen molar-refractivity contribution in [3.63, 3.8) is 0 Å². The first kappa shape index (κ1) is 16.1. The zero-order valence-electron chi connectivity index (χ0n) is 12.7. The summed E-state index contributed by atoms with van der Waals surface area (Å²) in [4.78, 5) is 0. The molecule has 0 aromatic heterocycles. The van der Waals surface area contributed by atoms with Gasteiger partial charge in [0.2, 0.25) is 10.0 Å². The predicted octanol–water partition coefficient (Wildman–Crippen LogP) is 2.28. The molecule has 1 aliphatic rings. The first-order valence-electron chi connectivity index (χ1n) is 7.39. The molecule has 0 amide bonds. The van der Waals surface area contributed by atoms with Crippen molar-refractivity contribution in [2.24, 2.45) is 0 Å². The van der Waals surface area contributed by atoms with Gasteiger partial charge in [0.15, 0.2) is 0 Å². The van der Waals surface area contributed by atoms with E-state index in [0.29, 0.717) is 18.2 Å². The third-order valence-corrected chi connectivity index (χ3v) is 5.14. The number of hydrogen-bond donors (Lipinski definition) is 2. The van der Waals surface area contributed by atoms with Crippen molar-refractivity contribution in [3.8, 4) is 5.75 Å². The molecule has 2 N–H and O–H groups in total. The van der Waals surface area contributed by atoms with Crippen molar-refractivity contribution in [3.05, 3.63) is 23.8 Å². The zero-order chi connectivity index (χ0) is 15.3. The van der Waals surface area contributed by atoms with E-state index >= 15 is 0 Å². The molecular weight excluding hydrogens is 288 g/mol. The van der Waals surface area contributed by atoms with Gasteiger partial charge in [0, 0.05) is 11.7 Å². The molecule has 1 fully saturated rings. The number of rotatable bonds is 6. The number of nitrogens with one attached hydrogen (secondary N) is 2. The van der Waals surface area contributed by atoms with Crippen LogP contribution in [0.15, 0.2) is 18.2 Å². The van der Waals surface area contributed by atoms with Gasteiger partial charge in [-0.25, -0.2) is 8.42 Å². The first-order chi connectivity index (χ1) is 10.00. The van der Waals surface area contributed by atoms with E-state index < -0.39 is 10.0 Å². The Morgan fingerprint density at radius 1 is 1.38 bits per heavy atom. The number of ether oxygens (including phenoxy) is 1. The maximum absolute atomic E-state index is 12.1. The van der Waals surface area contributed by atoms with Crippen molar-refractivity contribution in [2.45, 2.75) is 38.6 Å². The highest BCUT2D eigenvalue weighted by atomic mass is 32.2. The fourth-order valence-corrected chi connectivity index (χ4v) is 3.82. The van der Waals surface area contributed by atoms with E-state index in [1.807, 2.05) is 6.92 Å². The molecule has 1 heterocycles. The van der Waals surface area contributed by atoms with Crippen molar-refractivity contribution >= 4 is 15.7 Å². The van der Waals surface area contributed by atoms with Gasteiger partial charge in [0.25, 0.3) is 0 Å². The van der Waals surface area contributed by atoms with Crippen LogP contribution >= 0.6 is 0 Å². The molecule has 0 bridgehead atoms. The van der Waals surface area contributed by atoms with E-state index in [2.05, 4.69) is 10.0 Å². The summed E-state index contributed by atoms with van der Waals surface area (Å²) in [6, 6.07) is 5.61. The van der Waals surface area contributed by atoms with Crippen LogP contribution in [0.2, 0.25) is 0 Å². The topological polar surface area (TPSA) is 67.4 Å². The van der Waals surface area contributed by atoms with Gasteiger partial charge in [-0.05, 0) is 56.5 Å². The molecule has 118 valence electrons. The van der Waals surface area contributed by atoms with Crippen molar-refractivity contribution in [1.29, 1.82) is 0 Å². The van der Waals surface area contributed by atoms with Crippen LogP contribution in [-0.4, -0.2) is 33.9 Å². The van der Waals surface area contributed by atoms with E-state index in [1.54, 1.807) is 25.3 Å². The number of piperidine rings is 1. The standard InChI is InChI=1S/C15H24N2O3S/c1-12-11-14(6-7-15(12)20-2)17-21(18,19)10-8-13-5-3-4-9-16-13/h6-7,11,13,16-17H,3-5,8-10H2,1-2H3. The van der Waals surface area contributed by atoms with Crippen LogP contribution in [0.5, 0.6) is 5.75 Å². The van der Waals surface area contributed by atoms with Gasteiger partial charge in [-0.2, -0.15) is 0 Å². The first-order valence-corrected chi connectivity index (χ1v) is 9.04. The van der Waals surface area contributed by atoms with Gasteiger partial charge in [0.05, 0.1) is 12.9 Å². The minimum Gasteiger partial charge on any atom is -0.496 e. The fourth-order valence-electron chi connectivity index (χ4n) is 2.64. The third kappa shape index (κ3) is 4.89. The SMILES string of the molecule is COc1ccc(NS(=O)(=O)CCC2CCCCN2)cc1C. The molecule has 21 heavy (non-hydrogen) atoms. The molecule has 5 nitrogen and oxygen atoms in total. The lowest BCUT2D eigenvalue weighted by molar-refractivity contribution is 0.393. The number of sulfonamides is 1. The van der Waals surface area contributed by atoms with Crippen LogP contribution in [0, 0.1) is 6.92 Å². The Balaban J connectivity index is 1.92. The van der Waals surface area contributed by atoms with Crippen molar-refractivity contribution in [2.75, 3.05) is 24.1 Å². The van der Waals surface area contributed by atoms with E-state index in [9.17, 15) is 8.42 Å². The Bertz CT molecular complexity index is 566. The average Bonchev–Trinajstić information content (AvgIpc) is 2.46. The quantitative estimate of drug-likeness (QED) is 0.845. The molecule has 0 radical (unpaired) electrons. The molecule has 1 saturated heterocycles. The Kier molecular flexibility index (Phi) is 5.47. The summed E-state index contributed by atoms with van der Waals surface area (Å²) >= 11 is 0. The predicted molar refractivity (Wildman–Crippen MR) is 85.4 cm³/mol. The highest BCUT2D eigenvalue weighted by Gasteiger charge is 2.17. The van der Waals surface area contributed by atoms with Crippen molar-refractivity contribution < 1.29 is 13.2 Å². The second-order valence-electron chi connectivity index (χ2n) is 5.54. The lowest BCUT2D eigenvalue weighted by Gasteiger charge is -2.23. The van der Waals surface area contributed by atoms with E-state index in [-0.39, 0.29) is 5.75 Å². The van der Waals surface area contributed by atoms with E-state index in [1.165, 1.54) is 12.8 Å². The summed E-state index contributed by atoms with van der Waals surface area (Å²) < 4.78 is 32.1.